The Morgan fingerprint density at radius 1 is 1.38 bits per heavy atom. The molecule has 2 N–H and O–H groups in total. The number of aliphatic carboxylic acids is 1. The van der Waals surface area contributed by atoms with Crippen LogP contribution in [0.2, 0.25) is 0 Å². The van der Waals surface area contributed by atoms with Gasteiger partial charge >= 0.3 is 5.97 Å². The van der Waals surface area contributed by atoms with Crippen LogP contribution in [0, 0.1) is 13.8 Å². The number of aromatic nitrogens is 2. The lowest BCUT2D eigenvalue weighted by Gasteiger charge is -2.14. The number of carbonyl (C=O) groups excluding carboxylic acids is 1. The minimum absolute atomic E-state index is 0.182. The number of rotatable bonds is 6. The molecule has 1 rings (SSSR count). The Kier molecular flexibility index (Phi) is 5.10. The number of sulfone groups is 1. The lowest BCUT2D eigenvalue weighted by atomic mass is 10.1. The quantitative estimate of drug-likeness (QED) is 0.740. The summed E-state index contributed by atoms with van der Waals surface area (Å²) in [6.45, 7) is 3.34. The van der Waals surface area contributed by atoms with Crippen LogP contribution in [-0.2, 0) is 21.7 Å². The number of carboxylic acid groups (broad SMARTS) is 1. The molecule has 0 aromatic carbocycles. The first-order chi connectivity index (χ1) is 9.53. The van der Waals surface area contributed by atoms with Gasteiger partial charge in [-0.3, -0.25) is 9.48 Å². The van der Waals surface area contributed by atoms with E-state index in [9.17, 15) is 18.0 Å². The standard InChI is InChI=1S/C12H19N3O5S/c1-7-10(8(2)15(3)14-7)11(16)13-9(12(17)18)5-6-21(4,19)20/h9H,5-6H2,1-4H3,(H,13,16)(H,17,18). The lowest BCUT2D eigenvalue weighted by molar-refractivity contribution is -0.139. The zero-order chi connectivity index (χ0) is 16.4. The number of carboxylic acids is 1. The Bertz CT molecular complexity index is 663. The normalized spacial score (nSPS) is 13.0. The summed E-state index contributed by atoms with van der Waals surface area (Å²) in [7, 11) is -1.62. The molecule has 21 heavy (non-hydrogen) atoms. The minimum atomic E-state index is -3.30. The number of hydrogen-bond acceptors (Lipinski definition) is 5. The van der Waals surface area contributed by atoms with Gasteiger partial charge < -0.3 is 10.4 Å². The Balaban J connectivity index is 2.89. The first kappa shape index (κ1) is 17.2. The van der Waals surface area contributed by atoms with Gasteiger partial charge in [0.05, 0.1) is 17.0 Å². The first-order valence-electron chi connectivity index (χ1n) is 6.24. The van der Waals surface area contributed by atoms with Crippen molar-refractivity contribution in [1.29, 1.82) is 0 Å². The third kappa shape index (κ3) is 4.55. The van der Waals surface area contributed by atoms with Crippen LogP contribution in [0.15, 0.2) is 0 Å². The summed E-state index contributed by atoms with van der Waals surface area (Å²) in [6.07, 6.45) is 0.835. The molecule has 0 bridgehead atoms. The predicted octanol–water partition coefficient (Wildman–Crippen LogP) is -0.345. The van der Waals surface area contributed by atoms with Crippen molar-refractivity contribution in [3.63, 3.8) is 0 Å². The summed E-state index contributed by atoms with van der Waals surface area (Å²) in [5.41, 5.74) is 1.40. The van der Waals surface area contributed by atoms with Gasteiger partial charge in [-0.15, -0.1) is 0 Å². The van der Waals surface area contributed by atoms with E-state index in [1.165, 1.54) is 4.68 Å². The van der Waals surface area contributed by atoms with E-state index in [1.807, 2.05) is 0 Å². The average molecular weight is 317 g/mol. The summed E-state index contributed by atoms with van der Waals surface area (Å²) in [5, 5.41) is 15.5. The van der Waals surface area contributed by atoms with Crippen molar-refractivity contribution in [2.45, 2.75) is 26.3 Å². The molecule has 9 heteroatoms. The molecule has 1 atom stereocenters. The number of nitrogens with one attached hydrogen (secondary N) is 1. The average Bonchev–Trinajstić information content (AvgIpc) is 2.57. The van der Waals surface area contributed by atoms with Gasteiger partial charge in [-0.2, -0.15) is 5.10 Å². The van der Waals surface area contributed by atoms with Gasteiger partial charge in [-0.1, -0.05) is 0 Å². The topological polar surface area (TPSA) is 118 Å². The maximum atomic E-state index is 12.2. The fourth-order valence-electron chi connectivity index (χ4n) is 1.92. The Labute approximate surface area is 123 Å². The zero-order valence-corrected chi connectivity index (χ0v) is 13.2. The molecule has 1 aromatic heterocycles. The highest BCUT2D eigenvalue weighted by Crippen LogP contribution is 2.12. The molecule has 0 aliphatic rings. The lowest BCUT2D eigenvalue weighted by Crippen LogP contribution is -2.42. The summed E-state index contributed by atoms with van der Waals surface area (Å²) >= 11 is 0. The molecule has 1 unspecified atom stereocenters. The van der Waals surface area contributed by atoms with Crippen molar-refractivity contribution >= 4 is 21.7 Å². The maximum Gasteiger partial charge on any atom is 0.326 e. The molecule has 1 aromatic rings. The molecule has 0 saturated heterocycles. The van der Waals surface area contributed by atoms with Gasteiger partial charge in [0.15, 0.2) is 0 Å². The SMILES string of the molecule is Cc1nn(C)c(C)c1C(=O)NC(CCS(C)(=O)=O)C(=O)O. The van der Waals surface area contributed by atoms with Crippen LogP contribution in [0.5, 0.6) is 0 Å². The molecule has 8 nitrogen and oxygen atoms in total. The highest BCUT2D eigenvalue weighted by Gasteiger charge is 2.25. The second-order valence-corrected chi connectivity index (χ2v) is 7.21. The van der Waals surface area contributed by atoms with Gasteiger partial charge in [-0.05, 0) is 20.3 Å². The van der Waals surface area contributed by atoms with E-state index >= 15 is 0 Å². The maximum absolute atomic E-state index is 12.2. The number of carbonyl (C=O) groups is 2. The van der Waals surface area contributed by atoms with Crippen LogP contribution < -0.4 is 5.32 Å². The molecule has 0 aliphatic heterocycles. The van der Waals surface area contributed by atoms with E-state index in [0.29, 0.717) is 17.0 Å². The van der Waals surface area contributed by atoms with Crippen LogP contribution in [0.4, 0.5) is 0 Å². The van der Waals surface area contributed by atoms with E-state index < -0.39 is 27.8 Å². The predicted molar refractivity (Wildman–Crippen MR) is 75.9 cm³/mol. The van der Waals surface area contributed by atoms with Gasteiger partial charge in [-0.25, -0.2) is 13.2 Å². The monoisotopic (exact) mass is 317 g/mol. The van der Waals surface area contributed by atoms with Crippen LogP contribution in [0.1, 0.15) is 28.2 Å². The highest BCUT2D eigenvalue weighted by atomic mass is 32.2. The van der Waals surface area contributed by atoms with E-state index in [1.54, 1.807) is 20.9 Å². The minimum Gasteiger partial charge on any atom is -0.480 e. The fraction of sp³-hybridized carbons (Fsp3) is 0.583. The van der Waals surface area contributed by atoms with Gasteiger partial charge in [0.1, 0.15) is 15.9 Å². The molecule has 1 amide bonds. The van der Waals surface area contributed by atoms with Gasteiger partial charge in [0, 0.05) is 19.0 Å². The summed E-state index contributed by atoms with van der Waals surface area (Å²) in [4.78, 5) is 23.3. The molecule has 0 fully saturated rings. The smallest absolute Gasteiger partial charge is 0.326 e. The van der Waals surface area contributed by atoms with Crippen LogP contribution in [0.25, 0.3) is 0 Å². The summed E-state index contributed by atoms with van der Waals surface area (Å²) < 4.78 is 23.7. The van der Waals surface area contributed by atoms with E-state index in [0.717, 1.165) is 6.26 Å². The third-order valence-electron chi connectivity index (χ3n) is 3.12. The second-order valence-electron chi connectivity index (χ2n) is 4.95. The zero-order valence-electron chi connectivity index (χ0n) is 12.4. The van der Waals surface area contributed by atoms with E-state index in [2.05, 4.69) is 10.4 Å². The number of nitrogens with zero attached hydrogens (tertiary/aromatic N) is 2. The van der Waals surface area contributed by atoms with Crippen molar-refractivity contribution < 1.29 is 23.1 Å². The van der Waals surface area contributed by atoms with Gasteiger partial charge in [0.2, 0.25) is 0 Å². The first-order valence-corrected chi connectivity index (χ1v) is 8.30. The molecule has 0 saturated carbocycles. The number of hydrogen-bond donors (Lipinski definition) is 2. The van der Waals surface area contributed by atoms with Crippen LogP contribution >= 0.6 is 0 Å². The molecule has 0 aliphatic carbocycles. The third-order valence-corrected chi connectivity index (χ3v) is 4.09. The Morgan fingerprint density at radius 2 is 1.95 bits per heavy atom. The van der Waals surface area contributed by atoms with Crippen molar-refractivity contribution in [2.75, 3.05) is 12.0 Å². The number of amides is 1. The van der Waals surface area contributed by atoms with Crippen molar-refractivity contribution in [3.05, 3.63) is 17.0 Å². The molecule has 0 spiro atoms. The molecular formula is C12H19N3O5S. The molecule has 0 radical (unpaired) electrons. The van der Waals surface area contributed by atoms with Gasteiger partial charge in [0.25, 0.3) is 5.91 Å². The Morgan fingerprint density at radius 3 is 2.33 bits per heavy atom. The molecular weight excluding hydrogens is 298 g/mol. The van der Waals surface area contributed by atoms with Crippen LogP contribution in [-0.4, -0.2) is 53.2 Å². The Hall–Kier alpha value is -1.90. The number of aryl methyl sites for hydroxylation is 2. The molecule has 1 heterocycles. The van der Waals surface area contributed by atoms with Crippen LogP contribution in [0.3, 0.4) is 0 Å². The second kappa shape index (κ2) is 6.25. The highest BCUT2D eigenvalue weighted by molar-refractivity contribution is 7.90. The van der Waals surface area contributed by atoms with Crippen molar-refractivity contribution in [1.82, 2.24) is 15.1 Å². The van der Waals surface area contributed by atoms with Crippen molar-refractivity contribution in [3.8, 4) is 0 Å². The largest absolute Gasteiger partial charge is 0.480 e. The van der Waals surface area contributed by atoms with Crippen molar-refractivity contribution in [2.24, 2.45) is 7.05 Å². The molecule has 118 valence electrons. The summed E-state index contributed by atoms with van der Waals surface area (Å²) in [5.74, 6) is -2.15. The summed E-state index contributed by atoms with van der Waals surface area (Å²) in [6, 6.07) is -1.26. The van der Waals surface area contributed by atoms with E-state index in [4.69, 9.17) is 5.11 Å². The van der Waals surface area contributed by atoms with E-state index in [-0.39, 0.29) is 12.2 Å². The fourth-order valence-corrected chi connectivity index (χ4v) is 2.59.